The summed E-state index contributed by atoms with van der Waals surface area (Å²) in [5.74, 6) is 1.50. The Hall–Kier alpha value is -2.49. The second-order valence-electron chi connectivity index (χ2n) is 6.96. The molecule has 25 heavy (non-hydrogen) atoms. The molecule has 0 aliphatic rings. The van der Waals surface area contributed by atoms with Gasteiger partial charge in [0, 0.05) is 5.56 Å². The van der Waals surface area contributed by atoms with Crippen molar-refractivity contribution in [1.82, 2.24) is 5.32 Å². The zero-order valence-corrected chi connectivity index (χ0v) is 15.5. The highest BCUT2D eigenvalue weighted by atomic mass is 16.5. The van der Waals surface area contributed by atoms with Crippen LogP contribution in [0.1, 0.15) is 31.9 Å². The van der Waals surface area contributed by atoms with Gasteiger partial charge in [-0.1, -0.05) is 51.1 Å². The highest BCUT2D eigenvalue weighted by Gasteiger charge is 2.13. The maximum atomic E-state index is 12.0. The van der Waals surface area contributed by atoms with Gasteiger partial charge in [0.25, 0.3) is 0 Å². The number of benzene rings is 2. The molecule has 1 amide bonds. The Labute approximate surface area is 150 Å². The number of amides is 1. The third-order valence-corrected chi connectivity index (χ3v) is 3.96. The van der Waals surface area contributed by atoms with Crippen molar-refractivity contribution in [1.29, 1.82) is 0 Å². The maximum absolute atomic E-state index is 12.0. The molecule has 0 atom stereocenters. The third-order valence-electron chi connectivity index (χ3n) is 3.96. The molecule has 1 N–H and O–H groups in total. The van der Waals surface area contributed by atoms with E-state index < -0.39 is 0 Å². The summed E-state index contributed by atoms with van der Waals surface area (Å²) in [7, 11) is 1.61. The minimum atomic E-state index is -0.0452. The van der Waals surface area contributed by atoms with Crippen molar-refractivity contribution in [3.63, 3.8) is 0 Å². The third kappa shape index (κ3) is 5.82. The molecule has 0 bridgehead atoms. The van der Waals surface area contributed by atoms with Gasteiger partial charge in [-0.25, -0.2) is 0 Å². The molecule has 134 valence electrons. The number of ether oxygens (including phenoxy) is 2. The van der Waals surface area contributed by atoms with Gasteiger partial charge in [0.15, 0.2) is 0 Å². The summed E-state index contributed by atoms with van der Waals surface area (Å²) in [6, 6.07) is 15.6. The van der Waals surface area contributed by atoms with Crippen molar-refractivity contribution in [3.8, 4) is 11.5 Å². The van der Waals surface area contributed by atoms with Gasteiger partial charge in [0.05, 0.1) is 20.1 Å². The maximum Gasteiger partial charge on any atom is 0.224 e. The molecule has 2 aromatic rings. The zero-order chi connectivity index (χ0) is 18.3. The number of rotatable bonds is 7. The fraction of sp³-hybridized carbons (Fsp3) is 0.381. The molecule has 0 aliphatic carbocycles. The van der Waals surface area contributed by atoms with Gasteiger partial charge in [-0.05, 0) is 29.2 Å². The zero-order valence-electron chi connectivity index (χ0n) is 15.5. The van der Waals surface area contributed by atoms with Crippen molar-refractivity contribution >= 4 is 5.91 Å². The van der Waals surface area contributed by atoms with Gasteiger partial charge in [-0.2, -0.15) is 0 Å². The molecular weight excluding hydrogens is 314 g/mol. The van der Waals surface area contributed by atoms with E-state index in [1.54, 1.807) is 7.11 Å². The Bertz CT molecular complexity index is 687. The number of carbonyl (C=O) groups is 1. The van der Waals surface area contributed by atoms with E-state index >= 15 is 0 Å². The van der Waals surface area contributed by atoms with Crippen molar-refractivity contribution in [2.45, 2.75) is 32.6 Å². The molecule has 4 heteroatoms. The van der Waals surface area contributed by atoms with Crippen LogP contribution in [0.15, 0.2) is 48.5 Å². The van der Waals surface area contributed by atoms with E-state index in [0.29, 0.717) is 19.6 Å². The van der Waals surface area contributed by atoms with E-state index in [1.165, 1.54) is 5.56 Å². The molecule has 0 saturated carbocycles. The lowest BCUT2D eigenvalue weighted by molar-refractivity contribution is -0.120. The largest absolute Gasteiger partial charge is 0.496 e. The molecule has 2 aromatic carbocycles. The molecular formula is C21H27NO3. The number of para-hydroxylation sites is 1. The molecule has 4 nitrogen and oxygen atoms in total. The Morgan fingerprint density at radius 1 is 1.04 bits per heavy atom. The number of nitrogens with one attached hydrogen (secondary N) is 1. The van der Waals surface area contributed by atoms with Crippen molar-refractivity contribution in [2.75, 3.05) is 20.3 Å². The van der Waals surface area contributed by atoms with E-state index in [0.717, 1.165) is 17.1 Å². The molecule has 0 heterocycles. The summed E-state index contributed by atoms with van der Waals surface area (Å²) in [6.45, 7) is 7.45. The average Bonchev–Trinajstić information content (AvgIpc) is 2.59. The second-order valence-corrected chi connectivity index (χ2v) is 6.96. The fourth-order valence-electron chi connectivity index (χ4n) is 2.49. The minimum absolute atomic E-state index is 0.0452. The van der Waals surface area contributed by atoms with Crippen LogP contribution in [0.5, 0.6) is 11.5 Å². The first kappa shape index (κ1) is 18.8. The quantitative estimate of drug-likeness (QED) is 0.781. The van der Waals surface area contributed by atoms with Gasteiger partial charge >= 0.3 is 0 Å². The lowest BCUT2D eigenvalue weighted by Crippen LogP contribution is -2.29. The van der Waals surface area contributed by atoms with E-state index in [4.69, 9.17) is 9.47 Å². The van der Waals surface area contributed by atoms with Gasteiger partial charge in [-0.15, -0.1) is 0 Å². The summed E-state index contributed by atoms with van der Waals surface area (Å²) in [5.41, 5.74) is 2.27. The van der Waals surface area contributed by atoms with Gasteiger partial charge in [-0.3, -0.25) is 4.79 Å². The summed E-state index contributed by atoms with van der Waals surface area (Å²) < 4.78 is 10.9. The van der Waals surface area contributed by atoms with Crippen LogP contribution >= 0.6 is 0 Å². The monoisotopic (exact) mass is 341 g/mol. The second kappa shape index (κ2) is 8.56. The summed E-state index contributed by atoms with van der Waals surface area (Å²) in [5, 5.41) is 2.87. The number of hydrogen-bond donors (Lipinski definition) is 1. The molecule has 0 unspecified atom stereocenters. The first-order valence-corrected chi connectivity index (χ1v) is 8.52. The van der Waals surface area contributed by atoms with Gasteiger partial charge < -0.3 is 14.8 Å². The number of methoxy groups -OCH3 is 1. The molecule has 0 radical (unpaired) electrons. The minimum Gasteiger partial charge on any atom is -0.496 e. The van der Waals surface area contributed by atoms with E-state index in [9.17, 15) is 4.79 Å². The normalized spacial score (nSPS) is 11.0. The Kier molecular flexibility index (Phi) is 6.45. The van der Waals surface area contributed by atoms with Crippen molar-refractivity contribution in [2.24, 2.45) is 0 Å². The van der Waals surface area contributed by atoms with Crippen LogP contribution in [0, 0.1) is 0 Å². The van der Waals surface area contributed by atoms with Crippen LogP contribution in [0.25, 0.3) is 0 Å². The van der Waals surface area contributed by atoms with E-state index in [2.05, 4.69) is 38.2 Å². The summed E-state index contributed by atoms with van der Waals surface area (Å²) in [4.78, 5) is 12.0. The van der Waals surface area contributed by atoms with Crippen molar-refractivity contribution in [3.05, 3.63) is 59.7 Å². The Morgan fingerprint density at radius 2 is 1.72 bits per heavy atom. The van der Waals surface area contributed by atoms with E-state index in [-0.39, 0.29) is 11.3 Å². The smallest absolute Gasteiger partial charge is 0.224 e. The van der Waals surface area contributed by atoms with Gasteiger partial charge in [0.1, 0.15) is 18.1 Å². The highest BCUT2D eigenvalue weighted by Crippen LogP contribution is 2.24. The predicted molar refractivity (Wildman–Crippen MR) is 100 cm³/mol. The Morgan fingerprint density at radius 3 is 2.36 bits per heavy atom. The van der Waals surface area contributed by atoms with Crippen LogP contribution in [0.2, 0.25) is 0 Å². The standard InChI is InChI=1S/C21H27NO3/c1-21(2,3)17-9-11-18(12-10-17)25-14-13-22-20(23)15-16-7-5-6-8-19(16)24-4/h5-12H,13-15H2,1-4H3,(H,22,23). The molecule has 0 spiro atoms. The van der Waals surface area contributed by atoms with Crippen molar-refractivity contribution < 1.29 is 14.3 Å². The van der Waals surface area contributed by atoms with Crippen LogP contribution in [-0.4, -0.2) is 26.2 Å². The lowest BCUT2D eigenvalue weighted by Gasteiger charge is -2.19. The fourth-order valence-corrected chi connectivity index (χ4v) is 2.49. The van der Waals surface area contributed by atoms with Crippen LogP contribution in [0.4, 0.5) is 0 Å². The lowest BCUT2D eigenvalue weighted by atomic mass is 9.87. The first-order chi connectivity index (χ1) is 11.9. The highest BCUT2D eigenvalue weighted by molar-refractivity contribution is 5.79. The Balaban J connectivity index is 1.74. The average molecular weight is 341 g/mol. The first-order valence-electron chi connectivity index (χ1n) is 8.52. The predicted octanol–water partition coefficient (Wildman–Crippen LogP) is 3.73. The molecule has 0 aliphatic heterocycles. The molecule has 0 fully saturated rings. The number of hydrogen-bond acceptors (Lipinski definition) is 3. The number of carbonyl (C=O) groups excluding carboxylic acids is 1. The van der Waals surface area contributed by atoms with Crippen LogP contribution in [-0.2, 0) is 16.6 Å². The summed E-state index contributed by atoms with van der Waals surface area (Å²) >= 11 is 0. The molecule has 0 saturated heterocycles. The SMILES string of the molecule is COc1ccccc1CC(=O)NCCOc1ccc(C(C)(C)C)cc1. The summed E-state index contributed by atoms with van der Waals surface area (Å²) in [6.07, 6.45) is 0.296. The van der Waals surface area contributed by atoms with Gasteiger partial charge in [0.2, 0.25) is 5.91 Å². The molecule has 2 rings (SSSR count). The van der Waals surface area contributed by atoms with Crippen LogP contribution < -0.4 is 14.8 Å². The van der Waals surface area contributed by atoms with Crippen LogP contribution in [0.3, 0.4) is 0 Å². The molecule has 0 aromatic heterocycles. The van der Waals surface area contributed by atoms with E-state index in [1.807, 2.05) is 36.4 Å². The topological polar surface area (TPSA) is 47.6 Å².